The smallest absolute Gasteiger partial charge is 0.343 e. The molecule has 0 aliphatic heterocycles. The Labute approximate surface area is 192 Å². The zero-order valence-corrected chi connectivity index (χ0v) is 18.6. The molecule has 33 heavy (non-hydrogen) atoms. The molecule has 0 saturated heterocycles. The zero-order valence-electron chi connectivity index (χ0n) is 18.6. The van der Waals surface area contributed by atoms with Crippen LogP contribution in [0.25, 0.3) is 6.08 Å². The summed E-state index contributed by atoms with van der Waals surface area (Å²) in [6.07, 6.45) is 2.90. The maximum absolute atomic E-state index is 12.3. The van der Waals surface area contributed by atoms with Crippen molar-refractivity contribution in [3.63, 3.8) is 0 Å². The first-order valence-corrected chi connectivity index (χ1v) is 10.1. The Balaban J connectivity index is 1.72. The van der Waals surface area contributed by atoms with Crippen molar-refractivity contribution in [2.45, 2.75) is 6.92 Å². The van der Waals surface area contributed by atoms with Crippen LogP contribution in [0.15, 0.2) is 66.8 Å². The lowest BCUT2D eigenvalue weighted by molar-refractivity contribution is -0.140. The second-order valence-electron chi connectivity index (χ2n) is 6.72. The van der Waals surface area contributed by atoms with Gasteiger partial charge in [0, 0.05) is 11.6 Å². The Hall–Kier alpha value is -3.91. The third kappa shape index (κ3) is 9.40. The van der Waals surface area contributed by atoms with Gasteiger partial charge >= 0.3 is 17.9 Å². The van der Waals surface area contributed by atoms with E-state index in [2.05, 4.69) is 11.3 Å². The van der Waals surface area contributed by atoms with E-state index in [1.807, 2.05) is 0 Å². The van der Waals surface area contributed by atoms with Crippen molar-refractivity contribution < 1.29 is 38.1 Å². The summed E-state index contributed by atoms with van der Waals surface area (Å²) < 4.78 is 25.7. The van der Waals surface area contributed by atoms with E-state index in [0.29, 0.717) is 35.8 Å². The van der Waals surface area contributed by atoms with Crippen LogP contribution in [0.4, 0.5) is 0 Å². The number of hydrogen-bond donors (Lipinski definition) is 0. The lowest BCUT2D eigenvalue weighted by atomic mass is 10.2. The topological polar surface area (TPSA) is 97.4 Å². The quantitative estimate of drug-likeness (QED) is 0.208. The first-order valence-electron chi connectivity index (χ1n) is 10.1. The molecule has 0 amide bonds. The van der Waals surface area contributed by atoms with Crippen LogP contribution in [-0.2, 0) is 23.8 Å². The van der Waals surface area contributed by atoms with E-state index < -0.39 is 17.9 Å². The van der Waals surface area contributed by atoms with Gasteiger partial charge in [0.2, 0.25) is 0 Å². The monoisotopic (exact) mass is 454 g/mol. The second kappa shape index (κ2) is 13.5. The number of methoxy groups -OCH3 is 1. The average Bonchev–Trinajstić information content (AvgIpc) is 2.82. The minimum Gasteiger partial charge on any atom is -0.491 e. The fourth-order valence-electron chi connectivity index (χ4n) is 2.37. The molecule has 0 bridgehead atoms. The largest absolute Gasteiger partial charge is 0.491 e. The predicted molar refractivity (Wildman–Crippen MR) is 121 cm³/mol. The fraction of sp³-hybridized carbons (Fsp3) is 0.240. The molecule has 0 fully saturated rings. The van der Waals surface area contributed by atoms with Crippen molar-refractivity contribution in [2.75, 3.05) is 33.5 Å². The van der Waals surface area contributed by atoms with E-state index in [-0.39, 0.29) is 13.2 Å². The molecule has 2 rings (SSSR count). The summed E-state index contributed by atoms with van der Waals surface area (Å²) in [5, 5.41) is 0. The number of carbonyl (C=O) groups excluding carboxylic acids is 3. The molecule has 174 valence electrons. The predicted octanol–water partition coefficient (Wildman–Crippen LogP) is 3.61. The summed E-state index contributed by atoms with van der Waals surface area (Å²) in [6.45, 7) is 6.10. The van der Waals surface area contributed by atoms with Gasteiger partial charge in [0.25, 0.3) is 0 Å². The molecule has 0 spiro atoms. The van der Waals surface area contributed by atoms with E-state index in [9.17, 15) is 14.4 Å². The summed E-state index contributed by atoms with van der Waals surface area (Å²) in [5.74, 6) is -0.454. The maximum atomic E-state index is 12.3. The normalized spacial score (nSPS) is 10.5. The van der Waals surface area contributed by atoms with Gasteiger partial charge in [0.05, 0.1) is 25.9 Å². The van der Waals surface area contributed by atoms with Gasteiger partial charge in [-0.1, -0.05) is 18.7 Å². The minimum absolute atomic E-state index is 0.148. The Morgan fingerprint density at radius 1 is 0.879 bits per heavy atom. The summed E-state index contributed by atoms with van der Waals surface area (Å²) in [7, 11) is 1.30. The van der Waals surface area contributed by atoms with Crippen molar-refractivity contribution in [3.05, 3.63) is 77.9 Å². The average molecular weight is 454 g/mol. The van der Waals surface area contributed by atoms with E-state index in [4.69, 9.17) is 18.9 Å². The van der Waals surface area contributed by atoms with Gasteiger partial charge in [-0.05, 0) is 55.0 Å². The Morgan fingerprint density at radius 2 is 1.52 bits per heavy atom. The zero-order chi connectivity index (χ0) is 24.1. The van der Waals surface area contributed by atoms with Crippen LogP contribution in [0.1, 0.15) is 22.8 Å². The third-order valence-corrected chi connectivity index (χ3v) is 4.10. The van der Waals surface area contributed by atoms with Crippen LogP contribution >= 0.6 is 0 Å². The van der Waals surface area contributed by atoms with Crippen LogP contribution in [-0.4, -0.2) is 51.4 Å². The van der Waals surface area contributed by atoms with Crippen LogP contribution in [0.5, 0.6) is 11.5 Å². The number of benzene rings is 2. The van der Waals surface area contributed by atoms with Gasteiger partial charge < -0.3 is 23.7 Å². The van der Waals surface area contributed by atoms with E-state index in [1.54, 1.807) is 61.5 Å². The standard InChI is InChI=1S/C25H26O8/c1-18(2)24(27)32-17-15-30-14-16-31-21-11-7-20(8-12-21)25(28)33-22-9-4-19(5-10-22)6-13-23(26)29-3/h4-13H,1,14-17H2,2-3H3. The van der Waals surface area contributed by atoms with Crippen molar-refractivity contribution in [1.29, 1.82) is 0 Å². The first kappa shape index (κ1) is 25.4. The third-order valence-electron chi connectivity index (χ3n) is 4.10. The van der Waals surface area contributed by atoms with Crippen LogP contribution in [0.2, 0.25) is 0 Å². The van der Waals surface area contributed by atoms with Crippen molar-refractivity contribution in [2.24, 2.45) is 0 Å². The second-order valence-corrected chi connectivity index (χ2v) is 6.72. The van der Waals surface area contributed by atoms with Crippen LogP contribution in [0, 0.1) is 0 Å². The number of hydrogen-bond acceptors (Lipinski definition) is 8. The van der Waals surface area contributed by atoms with Gasteiger partial charge in [0.15, 0.2) is 0 Å². The molecular weight excluding hydrogens is 428 g/mol. The van der Waals surface area contributed by atoms with Crippen molar-refractivity contribution in [1.82, 2.24) is 0 Å². The lowest BCUT2D eigenvalue weighted by Crippen LogP contribution is -2.14. The molecule has 0 aromatic heterocycles. The number of carbonyl (C=O) groups is 3. The van der Waals surface area contributed by atoms with Crippen LogP contribution < -0.4 is 9.47 Å². The van der Waals surface area contributed by atoms with E-state index in [0.717, 1.165) is 5.56 Å². The number of ether oxygens (including phenoxy) is 5. The first-order chi connectivity index (χ1) is 15.9. The molecule has 2 aromatic carbocycles. The van der Waals surface area contributed by atoms with Crippen molar-refractivity contribution in [3.8, 4) is 11.5 Å². The molecule has 0 heterocycles. The molecule has 0 atom stereocenters. The fourth-order valence-corrected chi connectivity index (χ4v) is 2.37. The summed E-state index contributed by atoms with van der Waals surface area (Å²) >= 11 is 0. The molecule has 0 aliphatic carbocycles. The Morgan fingerprint density at radius 3 is 2.15 bits per heavy atom. The molecule has 0 unspecified atom stereocenters. The molecule has 0 N–H and O–H groups in total. The number of esters is 3. The maximum Gasteiger partial charge on any atom is 0.343 e. The minimum atomic E-state index is -0.507. The van der Waals surface area contributed by atoms with Gasteiger partial charge in [-0.3, -0.25) is 0 Å². The summed E-state index contributed by atoms with van der Waals surface area (Å²) in [4.78, 5) is 34.6. The highest BCUT2D eigenvalue weighted by Crippen LogP contribution is 2.17. The van der Waals surface area contributed by atoms with E-state index >= 15 is 0 Å². The molecule has 0 aliphatic rings. The SMILES string of the molecule is C=C(C)C(=O)OCCOCCOc1ccc(C(=O)Oc2ccc(C=CC(=O)OC)cc2)cc1. The Kier molecular flexibility index (Phi) is 10.4. The molecule has 0 radical (unpaired) electrons. The molecule has 8 heteroatoms. The van der Waals surface area contributed by atoms with Gasteiger partial charge in [-0.15, -0.1) is 0 Å². The van der Waals surface area contributed by atoms with Gasteiger partial charge in [0.1, 0.15) is 24.7 Å². The number of rotatable bonds is 12. The summed E-state index contributed by atoms with van der Waals surface area (Å²) in [5.41, 5.74) is 1.47. The van der Waals surface area contributed by atoms with Gasteiger partial charge in [-0.25, -0.2) is 14.4 Å². The highest BCUT2D eigenvalue weighted by molar-refractivity contribution is 5.91. The van der Waals surface area contributed by atoms with E-state index in [1.165, 1.54) is 13.2 Å². The highest BCUT2D eigenvalue weighted by atomic mass is 16.6. The molecular formula is C25H26O8. The molecule has 0 saturated carbocycles. The van der Waals surface area contributed by atoms with Crippen LogP contribution in [0.3, 0.4) is 0 Å². The van der Waals surface area contributed by atoms with Crippen molar-refractivity contribution >= 4 is 24.0 Å². The highest BCUT2D eigenvalue weighted by Gasteiger charge is 2.09. The molecule has 8 nitrogen and oxygen atoms in total. The summed E-state index contributed by atoms with van der Waals surface area (Å²) in [6, 6.07) is 13.2. The Bertz CT molecular complexity index is 974. The van der Waals surface area contributed by atoms with Gasteiger partial charge in [-0.2, -0.15) is 0 Å². The lowest BCUT2D eigenvalue weighted by Gasteiger charge is -2.09. The molecule has 2 aromatic rings.